The van der Waals surface area contributed by atoms with Crippen LogP contribution in [0, 0.1) is 6.92 Å². The minimum absolute atomic E-state index is 0.361. The Morgan fingerprint density at radius 1 is 1.50 bits per heavy atom. The van der Waals surface area contributed by atoms with Crippen molar-refractivity contribution in [3.8, 4) is 0 Å². The molecule has 0 aliphatic rings. The van der Waals surface area contributed by atoms with Gasteiger partial charge in [0.05, 0.1) is 12.1 Å². The van der Waals surface area contributed by atoms with Gasteiger partial charge in [-0.25, -0.2) is 9.78 Å². The number of thiophene rings is 1. The van der Waals surface area contributed by atoms with Gasteiger partial charge in [-0.15, -0.1) is 11.3 Å². The first kappa shape index (κ1) is 13.0. The summed E-state index contributed by atoms with van der Waals surface area (Å²) >= 11 is 3.09. The molecule has 2 aromatic rings. The van der Waals surface area contributed by atoms with Crippen molar-refractivity contribution in [2.75, 3.05) is 11.9 Å². The summed E-state index contributed by atoms with van der Waals surface area (Å²) in [5, 5.41) is 8.21. The number of carbonyl (C=O) groups is 1. The second kappa shape index (κ2) is 5.97. The molecule has 0 fully saturated rings. The van der Waals surface area contributed by atoms with Crippen LogP contribution in [0.3, 0.4) is 0 Å². The van der Waals surface area contributed by atoms with E-state index in [1.54, 1.807) is 23.8 Å². The maximum atomic E-state index is 11.6. The molecule has 2 rings (SSSR count). The van der Waals surface area contributed by atoms with Crippen molar-refractivity contribution in [2.24, 2.45) is 0 Å². The van der Waals surface area contributed by atoms with Crippen molar-refractivity contribution < 1.29 is 9.53 Å². The third-order valence-electron chi connectivity index (χ3n) is 2.44. The zero-order valence-electron chi connectivity index (χ0n) is 10.2. The number of carbonyl (C=O) groups excluding carboxylic acids is 1. The predicted molar refractivity (Wildman–Crippen MR) is 74.5 cm³/mol. The molecule has 0 saturated heterocycles. The third-order valence-corrected chi connectivity index (χ3v) is 4.13. The summed E-state index contributed by atoms with van der Waals surface area (Å²) in [5.74, 6) is -0.372. The number of aromatic nitrogens is 1. The van der Waals surface area contributed by atoms with E-state index < -0.39 is 0 Å². The first-order valence-corrected chi connectivity index (χ1v) is 7.40. The molecule has 2 aromatic heterocycles. The van der Waals surface area contributed by atoms with E-state index in [1.165, 1.54) is 22.5 Å². The molecule has 6 heteroatoms. The van der Waals surface area contributed by atoms with Crippen LogP contribution in [0.25, 0.3) is 0 Å². The number of aryl methyl sites for hydroxylation is 1. The van der Waals surface area contributed by atoms with E-state index in [0.29, 0.717) is 18.8 Å². The molecule has 0 spiro atoms. The van der Waals surface area contributed by atoms with Gasteiger partial charge in [0.1, 0.15) is 5.00 Å². The summed E-state index contributed by atoms with van der Waals surface area (Å²) in [7, 11) is 0. The van der Waals surface area contributed by atoms with E-state index in [1.807, 2.05) is 0 Å². The topological polar surface area (TPSA) is 51.2 Å². The van der Waals surface area contributed by atoms with Crippen LogP contribution in [0.15, 0.2) is 16.3 Å². The molecule has 96 valence electrons. The van der Waals surface area contributed by atoms with Gasteiger partial charge in [-0.05, 0) is 35.7 Å². The normalized spacial score (nSPS) is 10.3. The summed E-state index contributed by atoms with van der Waals surface area (Å²) in [6, 6.07) is 0. The molecule has 0 aromatic carbocycles. The van der Waals surface area contributed by atoms with Gasteiger partial charge < -0.3 is 10.1 Å². The van der Waals surface area contributed by atoms with E-state index in [0.717, 1.165) is 5.00 Å². The predicted octanol–water partition coefficient (Wildman–Crippen LogP) is 3.30. The monoisotopic (exact) mass is 282 g/mol. The van der Waals surface area contributed by atoms with Gasteiger partial charge in [-0.1, -0.05) is 0 Å². The zero-order chi connectivity index (χ0) is 13.0. The smallest absolute Gasteiger partial charge is 0.360 e. The van der Waals surface area contributed by atoms with Crippen molar-refractivity contribution in [3.05, 3.63) is 33.1 Å². The van der Waals surface area contributed by atoms with Gasteiger partial charge in [-0.2, -0.15) is 11.3 Å². The molecule has 4 nitrogen and oxygen atoms in total. The Balaban J connectivity index is 2.04. The lowest BCUT2D eigenvalue weighted by Gasteiger charge is -2.05. The van der Waals surface area contributed by atoms with Crippen LogP contribution in [0.5, 0.6) is 0 Å². The Kier molecular flexibility index (Phi) is 4.33. The number of ether oxygens (including phenoxy) is 1. The van der Waals surface area contributed by atoms with Gasteiger partial charge >= 0.3 is 5.97 Å². The number of nitrogens with zero attached hydrogens (tertiary/aromatic N) is 1. The first-order chi connectivity index (χ1) is 8.72. The minimum atomic E-state index is -0.372. The third kappa shape index (κ3) is 2.88. The number of esters is 1. The van der Waals surface area contributed by atoms with Crippen LogP contribution in [-0.4, -0.2) is 17.6 Å². The first-order valence-electron chi connectivity index (χ1n) is 5.58. The highest BCUT2D eigenvalue weighted by molar-refractivity contribution is 7.14. The summed E-state index contributed by atoms with van der Waals surface area (Å²) < 4.78 is 4.95. The van der Waals surface area contributed by atoms with Crippen LogP contribution in [0.4, 0.5) is 5.00 Å². The molecule has 0 bridgehead atoms. The van der Waals surface area contributed by atoms with Crippen LogP contribution in [-0.2, 0) is 11.3 Å². The highest BCUT2D eigenvalue weighted by atomic mass is 32.1. The van der Waals surface area contributed by atoms with Gasteiger partial charge in [0.2, 0.25) is 0 Å². The SMILES string of the molecule is CCOC(=O)c1ncsc1NCc1cscc1C. The molecule has 0 unspecified atom stereocenters. The van der Waals surface area contributed by atoms with Gasteiger partial charge in [0.15, 0.2) is 5.69 Å². The molecule has 0 amide bonds. The molecule has 0 radical (unpaired) electrons. The average molecular weight is 282 g/mol. The van der Waals surface area contributed by atoms with Crippen molar-refractivity contribution >= 4 is 33.6 Å². The van der Waals surface area contributed by atoms with Crippen LogP contribution in [0.1, 0.15) is 28.5 Å². The largest absolute Gasteiger partial charge is 0.461 e. The summed E-state index contributed by atoms with van der Waals surface area (Å²) in [6.07, 6.45) is 0. The fraction of sp³-hybridized carbons (Fsp3) is 0.333. The number of anilines is 1. The van der Waals surface area contributed by atoms with E-state index in [-0.39, 0.29) is 5.97 Å². The summed E-state index contributed by atoms with van der Waals surface area (Å²) in [6.45, 7) is 4.92. The number of thiazole rings is 1. The maximum absolute atomic E-state index is 11.6. The molecule has 0 aliphatic heterocycles. The molecule has 2 heterocycles. The Morgan fingerprint density at radius 3 is 3.00 bits per heavy atom. The van der Waals surface area contributed by atoms with Crippen molar-refractivity contribution in [1.29, 1.82) is 0 Å². The fourth-order valence-electron chi connectivity index (χ4n) is 1.46. The summed E-state index contributed by atoms with van der Waals surface area (Å²) in [4.78, 5) is 15.7. The highest BCUT2D eigenvalue weighted by Crippen LogP contribution is 2.23. The molecule has 1 N–H and O–H groups in total. The lowest BCUT2D eigenvalue weighted by Crippen LogP contribution is -2.09. The van der Waals surface area contributed by atoms with E-state index in [4.69, 9.17) is 4.74 Å². The maximum Gasteiger partial charge on any atom is 0.360 e. The Morgan fingerprint density at radius 2 is 2.33 bits per heavy atom. The van der Waals surface area contributed by atoms with Gasteiger partial charge in [0.25, 0.3) is 0 Å². The number of rotatable bonds is 5. The zero-order valence-corrected chi connectivity index (χ0v) is 11.9. The molecule has 0 atom stereocenters. The fourth-order valence-corrected chi connectivity index (χ4v) is 2.98. The van der Waals surface area contributed by atoms with Gasteiger partial charge in [0, 0.05) is 6.54 Å². The standard InChI is InChI=1S/C12H14N2O2S2/c1-3-16-12(15)10-11(18-7-14-10)13-4-9-6-17-5-8(9)2/h5-7,13H,3-4H2,1-2H3. The second-order valence-corrected chi connectivity index (χ2v) is 5.28. The van der Waals surface area contributed by atoms with E-state index in [2.05, 4.69) is 28.0 Å². The van der Waals surface area contributed by atoms with Crippen LogP contribution >= 0.6 is 22.7 Å². The number of hydrogen-bond donors (Lipinski definition) is 1. The Labute approximate surface area is 114 Å². The number of hydrogen-bond acceptors (Lipinski definition) is 6. The molecular formula is C12H14N2O2S2. The molecule has 0 aliphatic carbocycles. The van der Waals surface area contributed by atoms with E-state index >= 15 is 0 Å². The lowest BCUT2D eigenvalue weighted by atomic mass is 10.2. The lowest BCUT2D eigenvalue weighted by molar-refractivity contribution is 0.0521. The highest BCUT2D eigenvalue weighted by Gasteiger charge is 2.15. The van der Waals surface area contributed by atoms with Crippen LogP contribution < -0.4 is 5.32 Å². The Bertz CT molecular complexity index is 534. The molecular weight excluding hydrogens is 268 g/mol. The molecule has 0 saturated carbocycles. The minimum Gasteiger partial charge on any atom is -0.461 e. The van der Waals surface area contributed by atoms with Gasteiger partial charge in [-0.3, -0.25) is 0 Å². The second-order valence-electron chi connectivity index (χ2n) is 3.68. The van der Waals surface area contributed by atoms with Crippen molar-refractivity contribution in [3.63, 3.8) is 0 Å². The summed E-state index contributed by atoms with van der Waals surface area (Å²) in [5.41, 5.74) is 4.52. The van der Waals surface area contributed by atoms with Crippen molar-refractivity contribution in [1.82, 2.24) is 4.98 Å². The van der Waals surface area contributed by atoms with Crippen molar-refractivity contribution in [2.45, 2.75) is 20.4 Å². The Hall–Kier alpha value is -1.40. The number of nitrogens with one attached hydrogen (secondary N) is 1. The quantitative estimate of drug-likeness (QED) is 0.855. The average Bonchev–Trinajstić information content (AvgIpc) is 2.95. The molecule has 18 heavy (non-hydrogen) atoms. The van der Waals surface area contributed by atoms with E-state index in [9.17, 15) is 4.79 Å². The van der Waals surface area contributed by atoms with Crippen LogP contribution in [0.2, 0.25) is 0 Å².